The van der Waals surface area contributed by atoms with E-state index in [1.54, 1.807) is 6.08 Å². The van der Waals surface area contributed by atoms with Gasteiger partial charge < -0.3 is 20.3 Å². The Morgan fingerprint density at radius 3 is 2.78 bits per heavy atom. The highest BCUT2D eigenvalue weighted by atomic mass is 32.1. The molecule has 18 heavy (non-hydrogen) atoms. The predicted octanol–water partition coefficient (Wildman–Crippen LogP) is -0.198. The molecule has 5 nitrogen and oxygen atoms in total. The van der Waals surface area contributed by atoms with Crippen LogP contribution in [0.25, 0.3) is 0 Å². The summed E-state index contributed by atoms with van der Waals surface area (Å²) in [6.45, 7) is 3.71. The molecular weight excluding hydrogens is 266 g/mol. The van der Waals surface area contributed by atoms with E-state index < -0.39 is 30.8 Å². The molecular formula is C10H16F2N2O3S. The van der Waals surface area contributed by atoms with Gasteiger partial charge in [-0.05, 0) is 0 Å². The molecule has 1 fully saturated rings. The summed E-state index contributed by atoms with van der Waals surface area (Å²) in [5.41, 5.74) is 0. The van der Waals surface area contributed by atoms with E-state index in [-0.39, 0.29) is 11.8 Å². The summed E-state index contributed by atoms with van der Waals surface area (Å²) in [6.07, 6.45) is -6.04. The van der Waals surface area contributed by atoms with Crippen LogP contribution in [-0.4, -0.2) is 59.3 Å². The second-order valence-electron chi connectivity index (χ2n) is 3.80. The third-order valence-corrected chi connectivity index (χ3v) is 2.75. The minimum Gasteiger partial charge on any atom is -0.388 e. The maximum Gasteiger partial charge on any atom is 0.267 e. The maximum atomic E-state index is 12.4. The molecule has 3 N–H and O–H groups in total. The quantitative estimate of drug-likeness (QED) is 0.249. The van der Waals surface area contributed by atoms with Gasteiger partial charge in [-0.25, -0.2) is 8.78 Å². The van der Waals surface area contributed by atoms with Gasteiger partial charge in [0.15, 0.2) is 5.17 Å². The fourth-order valence-corrected chi connectivity index (χ4v) is 1.77. The number of hydrogen-bond donors (Lipinski definition) is 4. The number of ether oxygens (including phenoxy) is 1. The molecule has 0 aliphatic carbocycles. The summed E-state index contributed by atoms with van der Waals surface area (Å²) in [5, 5.41) is 22.1. The van der Waals surface area contributed by atoms with Gasteiger partial charge in [0.05, 0.1) is 6.61 Å². The average molecular weight is 282 g/mol. The molecule has 0 amide bonds. The number of alkyl halides is 2. The van der Waals surface area contributed by atoms with Crippen LogP contribution in [0, 0.1) is 0 Å². The summed E-state index contributed by atoms with van der Waals surface area (Å²) in [6, 6.07) is -0.834. The number of aliphatic hydroxyl groups is 2. The zero-order chi connectivity index (χ0) is 13.7. The van der Waals surface area contributed by atoms with Gasteiger partial charge >= 0.3 is 0 Å². The standard InChI is InChI=1S/C10H16F2N2O3S/c1-2-3-13-10(18)14-5-4-17-8(9(11)12)7(16)6(5)15/h2,5-9,15-16H,1,3-4H2,(H2,13,14,18)/t5-,6+,7-,8-/m0/s1. The second kappa shape index (κ2) is 7.03. The normalized spacial score (nSPS) is 33.6. The van der Waals surface area contributed by atoms with Crippen LogP contribution in [0.1, 0.15) is 0 Å². The first-order valence-corrected chi connectivity index (χ1v) is 5.79. The number of amidine groups is 1. The van der Waals surface area contributed by atoms with Crippen LogP contribution >= 0.6 is 12.6 Å². The number of hydrogen-bond acceptors (Lipinski definition) is 4. The summed E-state index contributed by atoms with van der Waals surface area (Å²) >= 11 is 4.00. The minimum atomic E-state index is -2.85. The van der Waals surface area contributed by atoms with E-state index in [4.69, 9.17) is 4.74 Å². The number of aliphatic hydroxyl groups excluding tert-OH is 2. The molecule has 0 radical (unpaired) electrons. The molecule has 0 aromatic carbocycles. The van der Waals surface area contributed by atoms with Crippen molar-refractivity contribution >= 4 is 17.8 Å². The zero-order valence-electron chi connectivity index (χ0n) is 9.54. The monoisotopic (exact) mass is 282 g/mol. The lowest BCUT2D eigenvalue weighted by molar-refractivity contribution is -0.185. The minimum absolute atomic E-state index is 0.201. The zero-order valence-corrected chi connectivity index (χ0v) is 10.4. The first kappa shape index (κ1) is 15.4. The van der Waals surface area contributed by atoms with Gasteiger partial charge in [0.1, 0.15) is 24.4 Å². The Morgan fingerprint density at radius 2 is 2.22 bits per heavy atom. The molecule has 0 saturated carbocycles. The van der Waals surface area contributed by atoms with Crippen LogP contribution in [0.2, 0.25) is 0 Å². The number of thiol groups is 1. The number of halogens is 2. The van der Waals surface area contributed by atoms with Crippen LogP contribution in [0.4, 0.5) is 8.78 Å². The molecule has 1 saturated heterocycles. The summed E-state index contributed by atoms with van der Waals surface area (Å²) in [7, 11) is 0. The van der Waals surface area contributed by atoms with Crippen molar-refractivity contribution in [2.24, 2.45) is 4.99 Å². The van der Waals surface area contributed by atoms with Crippen molar-refractivity contribution in [3.63, 3.8) is 0 Å². The Labute approximate surface area is 109 Å². The van der Waals surface area contributed by atoms with Crippen LogP contribution < -0.4 is 5.32 Å². The summed E-state index contributed by atoms with van der Waals surface area (Å²) in [5.74, 6) is 0. The molecule has 0 unspecified atom stereocenters. The van der Waals surface area contributed by atoms with E-state index in [0.717, 1.165) is 0 Å². The largest absolute Gasteiger partial charge is 0.388 e. The van der Waals surface area contributed by atoms with Gasteiger partial charge in [-0.1, -0.05) is 6.08 Å². The van der Waals surface area contributed by atoms with Crippen molar-refractivity contribution in [3.8, 4) is 0 Å². The van der Waals surface area contributed by atoms with E-state index in [9.17, 15) is 19.0 Å². The highest BCUT2D eigenvalue weighted by molar-refractivity contribution is 7.96. The molecule has 0 aromatic heterocycles. The topological polar surface area (TPSA) is 74.1 Å². The van der Waals surface area contributed by atoms with E-state index in [2.05, 4.69) is 29.5 Å². The molecule has 0 aromatic rings. The maximum absolute atomic E-state index is 12.4. The lowest BCUT2D eigenvalue weighted by Gasteiger charge is -2.35. The van der Waals surface area contributed by atoms with Gasteiger partial charge in [0, 0.05) is 6.54 Å². The van der Waals surface area contributed by atoms with Crippen LogP contribution in [0.3, 0.4) is 0 Å². The van der Waals surface area contributed by atoms with Crippen molar-refractivity contribution in [3.05, 3.63) is 12.7 Å². The van der Waals surface area contributed by atoms with Crippen LogP contribution in [-0.2, 0) is 4.74 Å². The van der Waals surface area contributed by atoms with Gasteiger partial charge in [-0.15, -0.1) is 19.2 Å². The number of aliphatic imine (C=N–C) groups is 1. The van der Waals surface area contributed by atoms with Crippen molar-refractivity contribution in [2.75, 3.05) is 13.2 Å². The van der Waals surface area contributed by atoms with Gasteiger partial charge in [-0.3, -0.25) is 4.99 Å². The summed E-state index contributed by atoms with van der Waals surface area (Å²) < 4.78 is 29.7. The Morgan fingerprint density at radius 1 is 1.56 bits per heavy atom. The van der Waals surface area contributed by atoms with Crippen molar-refractivity contribution in [1.82, 2.24) is 5.32 Å². The van der Waals surface area contributed by atoms with Gasteiger partial charge in [0.25, 0.3) is 6.43 Å². The summed E-state index contributed by atoms with van der Waals surface area (Å²) in [4.78, 5) is 3.94. The van der Waals surface area contributed by atoms with Crippen molar-refractivity contribution in [2.45, 2.75) is 30.8 Å². The Kier molecular flexibility index (Phi) is 6.00. The highest BCUT2D eigenvalue weighted by Gasteiger charge is 2.42. The van der Waals surface area contributed by atoms with Crippen LogP contribution in [0.15, 0.2) is 17.6 Å². The lowest BCUT2D eigenvalue weighted by atomic mass is 9.99. The molecule has 104 valence electrons. The molecule has 4 atom stereocenters. The van der Waals surface area contributed by atoms with Gasteiger partial charge in [-0.2, -0.15) is 0 Å². The molecule has 1 aliphatic heterocycles. The average Bonchev–Trinajstić information content (AvgIpc) is 2.32. The molecule has 1 rings (SSSR count). The Bertz CT molecular complexity index is 317. The van der Waals surface area contributed by atoms with E-state index in [1.165, 1.54) is 0 Å². The Hall–Kier alpha value is -0.700. The molecule has 0 bridgehead atoms. The third-order valence-electron chi connectivity index (χ3n) is 2.48. The van der Waals surface area contributed by atoms with Gasteiger partial charge in [0.2, 0.25) is 0 Å². The molecule has 1 heterocycles. The molecule has 1 aliphatic rings. The third kappa shape index (κ3) is 3.91. The number of nitrogens with one attached hydrogen (secondary N) is 1. The first-order chi connectivity index (χ1) is 8.47. The van der Waals surface area contributed by atoms with E-state index in [0.29, 0.717) is 6.54 Å². The number of nitrogens with zero attached hydrogens (tertiary/aromatic N) is 1. The molecule has 0 spiro atoms. The fraction of sp³-hybridized carbons (Fsp3) is 0.700. The second-order valence-corrected chi connectivity index (χ2v) is 4.23. The first-order valence-electron chi connectivity index (χ1n) is 5.34. The number of rotatable bonds is 4. The highest BCUT2D eigenvalue weighted by Crippen LogP contribution is 2.22. The molecule has 8 heteroatoms. The van der Waals surface area contributed by atoms with E-state index in [1.807, 2.05) is 0 Å². The fourth-order valence-electron chi connectivity index (χ4n) is 1.53. The van der Waals surface area contributed by atoms with E-state index >= 15 is 0 Å². The van der Waals surface area contributed by atoms with Crippen molar-refractivity contribution < 1.29 is 23.7 Å². The van der Waals surface area contributed by atoms with Crippen LogP contribution in [0.5, 0.6) is 0 Å². The SMILES string of the molecule is C=CCN/C(S)=N/[C@H]1CO[C@H](C(F)F)[C@@H](O)[C@@H]1O. The Balaban J connectivity index is 2.62. The smallest absolute Gasteiger partial charge is 0.267 e. The lowest BCUT2D eigenvalue weighted by Crippen LogP contribution is -2.55. The predicted molar refractivity (Wildman–Crippen MR) is 66.2 cm³/mol. The van der Waals surface area contributed by atoms with Crippen molar-refractivity contribution in [1.29, 1.82) is 0 Å².